The summed E-state index contributed by atoms with van der Waals surface area (Å²) in [5, 5.41) is 10.1. The number of Topliss-reactive ketones (excluding diaryl/α,β-unsaturated/α-hetero) is 1. The number of hydrogen-bond acceptors (Lipinski definition) is 3. The normalized spacial score (nSPS) is 21.7. The van der Waals surface area contributed by atoms with Crippen molar-refractivity contribution in [1.82, 2.24) is 0 Å². The number of benzene rings is 2. The Morgan fingerprint density at radius 3 is 2.47 bits per heavy atom. The van der Waals surface area contributed by atoms with E-state index in [9.17, 15) is 9.90 Å². The highest BCUT2D eigenvalue weighted by Gasteiger charge is 2.36. The van der Waals surface area contributed by atoms with Gasteiger partial charge >= 0.3 is 0 Å². The highest BCUT2D eigenvalue weighted by atomic mass is 16.5. The van der Waals surface area contributed by atoms with Gasteiger partial charge in [0.1, 0.15) is 5.75 Å². The minimum atomic E-state index is -1.15. The van der Waals surface area contributed by atoms with Crippen LogP contribution in [0.4, 0.5) is 0 Å². The van der Waals surface area contributed by atoms with Gasteiger partial charge in [0.25, 0.3) is 0 Å². The SMILES string of the molecule is Cc1ccc([C@@H]2Oc3ccccc3C(=O)[C@H]2O)cc1. The lowest BCUT2D eigenvalue weighted by molar-refractivity contribution is 0.0216. The van der Waals surface area contributed by atoms with Crippen LogP contribution in [0.25, 0.3) is 0 Å². The summed E-state index contributed by atoms with van der Waals surface area (Å²) in [6.07, 6.45) is -1.79. The van der Waals surface area contributed by atoms with Crippen molar-refractivity contribution in [1.29, 1.82) is 0 Å². The summed E-state index contributed by atoms with van der Waals surface area (Å²) in [6.45, 7) is 1.99. The third-order valence-corrected chi connectivity index (χ3v) is 3.37. The van der Waals surface area contributed by atoms with Crippen LogP contribution in [0.2, 0.25) is 0 Å². The molecule has 3 heteroatoms. The second kappa shape index (κ2) is 4.52. The van der Waals surface area contributed by atoms with Gasteiger partial charge in [0.2, 0.25) is 0 Å². The topological polar surface area (TPSA) is 46.5 Å². The van der Waals surface area contributed by atoms with E-state index >= 15 is 0 Å². The van der Waals surface area contributed by atoms with E-state index < -0.39 is 12.2 Å². The van der Waals surface area contributed by atoms with Crippen LogP contribution in [-0.2, 0) is 0 Å². The van der Waals surface area contributed by atoms with Crippen LogP contribution < -0.4 is 4.74 Å². The van der Waals surface area contributed by atoms with Gasteiger partial charge in [0.05, 0.1) is 5.56 Å². The molecule has 96 valence electrons. The molecule has 0 unspecified atom stereocenters. The molecule has 0 spiro atoms. The lowest BCUT2D eigenvalue weighted by Crippen LogP contribution is -2.36. The molecule has 1 N–H and O–H groups in total. The van der Waals surface area contributed by atoms with Crippen molar-refractivity contribution in [3.05, 3.63) is 65.2 Å². The molecule has 0 saturated heterocycles. The van der Waals surface area contributed by atoms with Crippen molar-refractivity contribution in [2.45, 2.75) is 19.1 Å². The first kappa shape index (κ1) is 11.9. The van der Waals surface area contributed by atoms with Gasteiger partial charge in [-0.25, -0.2) is 0 Å². The second-order valence-corrected chi connectivity index (χ2v) is 4.75. The van der Waals surface area contributed by atoms with Crippen molar-refractivity contribution >= 4 is 5.78 Å². The molecule has 1 aliphatic rings. The molecular weight excluding hydrogens is 240 g/mol. The zero-order valence-electron chi connectivity index (χ0n) is 10.5. The maximum Gasteiger partial charge on any atom is 0.199 e. The van der Waals surface area contributed by atoms with E-state index in [0.29, 0.717) is 11.3 Å². The zero-order chi connectivity index (χ0) is 13.4. The summed E-state index contributed by atoms with van der Waals surface area (Å²) < 4.78 is 5.77. The number of ether oxygens (including phenoxy) is 1. The molecule has 2 atom stereocenters. The molecule has 0 aliphatic carbocycles. The van der Waals surface area contributed by atoms with E-state index in [4.69, 9.17) is 4.74 Å². The number of aryl methyl sites for hydroxylation is 1. The smallest absolute Gasteiger partial charge is 0.199 e. The van der Waals surface area contributed by atoms with Crippen molar-refractivity contribution in [3.8, 4) is 5.75 Å². The van der Waals surface area contributed by atoms with Crippen molar-refractivity contribution in [2.75, 3.05) is 0 Å². The predicted octanol–water partition coefficient (Wildman–Crippen LogP) is 2.67. The summed E-state index contributed by atoms with van der Waals surface area (Å²) in [4.78, 5) is 12.1. The van der Waals surface area contributed by atoms with Gasteiger partial charge < -0.3 is 9.84 Å². The first-order valence-electron chi connectivity index (χ1n) is 6.21. The summed E-state index contributed by atoms with van der Waals surface area (Å²) >= 11 is 0. The molecule has 3 rings (SSSR count). The maximum absolute atomic E-state index is 12.1. The van der Waals surface area contributed by atoms with Gasteiger partial charge in [-0.1, -0.05) is 42.0 Å². The standard InChI is InChI=1S/C16H14O3/c1-10-6-8-11(9-7-10)16-15(18)14(17)12-4-2-3-5-13(12)19-16/h2-9,15-16,18H,1H3/t15-,16+/m1/s1. The Hall–Kier alpha value is -2.13. The third kappa shape index (κ3) is 2.02. The average molecular weight is 254 g/mol. The molecule has 19 heavy (non-hydrogen) atoms. The first-order valence-corrected chi connectivity index (χ1v) is 6.21. The van der Waals surface area contributed by atoms with Crippen LogP contribution in [0.3, 0.4) is 0 Å². The maximum atomic E-state index is 12.1. The predicted molar refractivity (Wildman–Crippen MR) is 71.3 cm³/mol. The molecule has 0 bridgehead atoms. The third-order valence-electron chi connectivity index (χ3n) is 3.37. The number of ketones is 1. The van der Waals surface area contributed by atoms with Crippen LogP contribution >= 0.6 is 0 Å². The quantitative estimate of drug-likeness (QED) is 0.851. The Kier molecular flexibility index (Phi) is 2.84. The number of fused-ring (bicyclic) bond motifs is 1. The number of carbonyl (C=O) groups excluding carboxylic acids is 1. The molecule has 1 aliphatic heterocycles. The van der Waals surface area contributed by atoms with E-state index in [1.165, 1.54) is 0 Å². The molecular formula is C16H14O3. The first-order chi connectivity index (χ1) is 9.16. The summed E-state index contributed by atoms with van der Waals surface area (Å²) in [6, 6.07) is 14.6. The van der Waals surface area contributed by atoms with E-state index in [0.717, 1.165) is 11.1 Å². The van der Waals surface area contributed by atoms with Crippen LogP contribution in [0.5, 0.6) is 5.75 Å². The Bertz CT molecular complexity index is 616. The van der Waals surface area contributed by atoms with E-state index in [1.54, 1.807) is 18.2 Å². The Labute approximate surface area is 111 Å². The molecule has 0 saturated carbocycles. The lowest BCUT2D eigenvalue weighted by Gasteiger charge is -2.29. The summed E-state index contributed by atoms with van der Waals surface area (Å²) in [5.74, 6) is 0.246. The fourth-order valence-corrected chi connectivity index (χ4v) is 2.28. The van der Waals surface area contributed by atoms with E-state index in [2.05, 4.69) is 0 Å². The van der Waals surface area contributed by atoms with Gasteiger partial charge in [-0.3, -0.25) is 4.79 Å². The second-order valence-electron chi connectivity index (χ2n) is 4.75. The summed E-state index contributed by atoms with van der Waals surface area (Å²) in [7, 11) is 0. The molecule has 0 radical (unpaired) electrons. The minimum Gasteiger partial charge on any atom is -0.482 e. The van der Waals surface area contributed by atoms with Crippen LogP contribution in [0.1, 0.15) is 27.6 Å². The lowest BCUT2D eigenvalue weighted by atomic mass is 9.93. The zero-order valence-corrected chi connectivity index (χ0v) is 10.5. The number of rotatable bonds is 1. The molecule has 0 aromatic heterocycles. The fourth-order valence-electron chi connectivity index (χ4n) is 2.28. The monoisotopic (exact) mass is 254 g/mol. The van der Waals surface area contributed by atoms with Gasteiger partial charge in [-0.15, -0.1) is 0 Å². The van der Waals surface area contributed by atoms with E-state index in [1.807, 2.05) is 37.3 Å². The van der Waals surface area contributed by atoms with E-state index in [-0.39, 0.29) is 5.78 Å². The van der Waals surface area contributed by atoms with Crippen molar-refractivity contribution in [2.24, 2.45) is 0 Å². The Balaban J connectivity index is 2.01. The molecule has 1 heterocycles. The highest BCUT2D eigenvalue weighted by molar-refractivity contribution is 6.03. The molecule has 0 amide bonds. The number of aliphatic hydroxyl groups excluding tert-OH is 1. The number of para-hydroxylation sites is 1. The Morgan fingerprint density at radius 1 is 1.05 bits per heavy atom. The molecule has 3 nitrogen and oxygen atoms in total. The largest absolute Gasteiger partial charge is 0.482 e. The highest BCUT2D eigenvalue weighted by Crippen LogP contribution is 2.34. The van der Waals surface area contributed by atoms with Gasteiger partial charge in [-0.2, -0.15) is 0 Å². The molecule has 2 aromatic carbocycles. The van der Waals surface area contributed by atoms with Crippen LogP contribution in [-0.4, -0.2) is 17.0 Å². The number of carbonyl (C=O) groups is 1. The summed E-state index contributed by atoms with van der Waals surface area (Å²) in [5.41, 5.74) is 2.38. The fraction of sp³-hybridized carbons (Fsp3) is 0.188. The van der Waals surface area contributed by atoms with Crippen LogP contribution in [0, 0.1) is 6.92 Å². The Morgan fingerprint density at radius 2 is 1.74 bits per heavy atom. The molecule has 0 fully saturated rings. The number of hydrogen-bond donors (Lipinski definition) is 1. The van der Waals surface area contributed by atoms with Crippen molar-refractivity contribution < 1.29 is 14.6 Å². The van der Waals surface area contributed by atoms with Gasteiger partial charge in [-0.05, 0) is 24.6 Å². The van der Waals surface area contributed by atoms with Crippen molar-refractivity contribution in [3.63, 3.8) is 0 Å². The molecule has 2 aromatic rings. The minimum absolute atomic E-state index is 0.285. The van der Waals surface area contributed by atoms with Gasteiger partial charge in [0, 0.05) is 0 Å². The average Bonchev–Trinajstić information content (AvgIpc) is 2.44. The number of aliphatic hydroxyl groups is 1. The van der Waals surface area contributed by atoms with Crippen LogP contribution in [0.15, 0.2) is 48.5 Å². The van der Waals surface area contributed by atoms with Gasteiger partial charge in [0.15, 0.2) is 18.0 Å².